The van der Waals surface area contributed by atoms with Crippen LogP contribution in [0.2, 0.25) is 5.02 Å². The van der Waals surface area contributed by atoms with Crippen molar-refractivity contribution in [1.82, 2.24) is 15.5 Å². The lowest BCUT2D eigenvalue weighted by atomic mass is 10.1. The van der Waals surface area contributed by atoms with Gasteiger partial charge in [-0.25, -0.2) is 0 Å². The summed E-state index contributed by atoms with van der Waals surface area (Å²) < 4.78 is 0. The molecule has 2 heterocycles. The summed E-state index contributed by atoms with van der Waals surface area (Å²) in [6.07, 6.45) is 0.903. The van der Waals surface area contributed by atoms with E-state index in [2.05, 4.69) is 20.4 Å². The topological polar surface area (TPSA) is 61.0 Å². The standard InChI is InChI=1S/C22H23ClN4O/c1-14-3-4-17(11-15(14)2)22(28)24-19-9-10-27(13-19)21-12-20(25-26-21)16-5-7-18(23)8-6-16/h3-8,11-12,19H,9-10,13H2,1-2H3,(H,24,28)(H,25,26)/t19-/m0/s1. The van der Waals surface area contributed by atoms with E-state index in [1.165, 1.54) is 5.56 Å². The number of hydrogen-bond acceptors (Lipinski definition) is 3. The van der Waals surface area contributed by atoms with Gasteiger partial charge in [0.05, 0.1) is 5.69 Å². The van der Waals surface area contributed by atoms with Crippen LogP contribution in [0.25, 0.3) is 11.3 Å². The summed E-state index contributed by atoms with van der Waals surface area (Å²) in [7, 11) is 0. The van der Waals surface area contributed by atoms with Crippen molar-refractivity contribution in [2.75, 3.05) is 18.0 Å². The highest BCUT2D eigenvalue weighted by Crippen LogP contribution is 2.25. The molecule has 1 aliphatic rings. The molecule has 1 amide bonds. The number of halogens is 1. The smallest absolute Gasteiger partial charge is 0.251 e. The first kappa shape index (κ1) is 18.6. The molecule has 0 aliphatic carbocycles. The average molecular weight is 395 g/mol. The Morgan fingerprint density at radius 2 is 1.93 bits per heavy atom. The largest absolute Gasteiger partial charge is 0.353 e. The van der Waals surface area contributed by atoms with Crippen molar-refractivity contribution in [1.29, 1.82) is 0 Å². The Labute approximate surface area is 169 Å². The summed E-state index contributed by atoms with van der Waals surface area (Å²) in [6, 6.07) is 15.7. The van der Waals surface area contributed by atoms with Crippen LogP contribution < -0.4 is 10.2 Å². The van der Waals surface area contributed by atoms with Crippen LogP contribution in [0.3, 0.4) is 0 Å². The van der Waals surface area contributed by atoms with E-state index in [4.69, 9.17) is 11.6 Å². The lowest BCUT2D eigenvalue weighted by molar-refractivity contribution is 0.0940. The normalized spacial score (nSPS) is 16.4. The third-order valence-corrected chi connectivity index (χ3v) is 5.59. The molecule has 0 spiro atoms. The quantitative estimate of drug-likeness (QED) is 0.691. The summed E-state index contributed by atoms with van der Waals surface area (Å²) in [5, 5.41) is 11.4. The van der Waals surface area contributed by atoms with Gasteiger partial charge in [-0.05, 0) is 61.2 Å². The zero-order valence-electron chi connectivity index (χ0n) is 16.0. The molecule has 3 aromatic rings. The monoisotopic (exact) mass is 394 g/mol. The lowest BCUT2D eigenvalue weighted by Gasteiger charge is -2.16. The zero-order valence-corrected chi connectivity index (χ0v) is 16.8. The molecule has 5 nitrogen and oxygen atoms in total. The van der Waals surface area contributed by atoms with Crippen molar-refractivity contribution in [2.45, 2.75) is 26.3 Å². The van der Waals surface area contributed by atoms with E-state index in [1.54, 1.807) is 0 Å². The van der Waals surface area contributed by atoms with Crippen LogP contribution in [0, 0.1) is 13.8 Å². The number of rotatable bonds is 4. The molecule has 1 saturated heterocycles. The van der Waals surface area contributed by atoms with E-state index in [1.807, 2.05) is 62.4 Å². The predicted octanol–water partition coefficient (Wildman–Crippen LogP) is 4.36. The highest BCUT2D eigenvalue weighted by Gasteiger charge is 2.26. The van der Waals surface area contributed by atoms with E-state index in [9.17, 15) is 4.79 Å². The van der Waals surface area contributed by atoms with Crippen LogP contribution in [0.4, 0.5) is 5.82 Å². The summed E-state index contributed by atoms with van der Waals surface area (Å²) in [5.74, 6) is 0.881. The highest BCUT2D eigenvalue weighted by molar-refractivity contribution is 6.30. The van der Waals surface area contributed by atoms with Gasteiger partial charge in [-0.1, -0.05) is 29.8 Å². The average Bonchev–Trinajstić information content (AvgIpc) is 3.34. The highest BCUT2D eigenvalue weighted by atomic mass is 35.5. The van der Waals surface area contributed by atoms with Gasteiger partial charge in [0, 0.05) is 35.8 Å². The first-order chi connectivity index (χ1) is 13.5. The van der Waals surface area contributed by atoms with Gasteiger partial charge < -0.3 is 10.2 Å². The number of H-pyrrole nitrogens is 1. The fourth-order valence-electron chi connectivity index (χ4n) is 3.49. The maximum Gasteiger partial charge on any atom is 0.251 e. The van der Waals surface area contributed by atoms with Crippen LogP contribution >= 0.6 is 11.6 Å². The molecular formula is C22H23ClN4O. The Balaban J connectivity index is 1.39. The number of carbonyl (C=O) groups is 1. The molecule has 28 heavy (non-hydrogen) atoms. The molecule has 6 heteroatoms. The second kappa shape index (κ2) is 7.68. The SMILES string of the molecule is Cc1ccc(C(=O)N[C@H]2CCN(c3cc(-c4ccc(Cl)cc4)[nH]n3)C2)cc1C. The van der Waals surface area contributed by atoms with E-state index >= 15 is 0 Å². The molecule has 2 aromatic carbocycles. The molecule has 2 N–H and O–H groups in total. The van der Waals surface area contributed by atoms with Gasteiger partial charge in [-0.2, -0.15) is 5.10 Å². The summed E-state index contributed by atoms with van der Waals surface area (Å²) >= 11 is 5.96. The summed E-state index contributed by atoms with van der Waals surface area (Å²) in [5.41, 5.74) is 5.04. The van der Waals surface area contributed by atoms with Crippen LogP contribution in [0.15, 0.2) is 48.5 Å². The molecule has 0 saturated carbocycles. The molecular weight excluding hydrogens is 372 g/mol. The number of nitrogens with zero attached hydrogens (tertiary/aromatic N) is 2. The molecule has 0 radical (unpaired) electrons. The summed E-state index contributed by atoms with van der Waals surface area (Å²) in [6.45, 7) is 5.69. The fourth-order valence-corrected chi connectivity index (χ4v) is 3.61. The van der Waals surface area contributed by atoms with Gasteiger partial charge in [-0.15, -0.1) is 0 Å². The molecule has 0 bridgehead atoms. The third-order valence-electron chi connectivity index (χ3n) is 5.34. The minimum atomic E-state index is -0.0150. The Morgan fingerprint density at radius 3 is 2.68 bits per heavy atom. The zero-order chi connectivity index (χ0) is 19.7. The van der Waals surface area contributed by atoms with Crippen molar-refractivity contribution < 1.29 is 4.79 Å². The number of aromatic nitrogens is 2. The Hall–Kier alpha value is -2.79. The molecule has 1 aliphatic heterocycles. The second-order valence-electron chi connectivity index (χ2n) is 7.35. The van der Waals surface area contributed by atoms with Crippen LogP contribution in [-0.2, 0) is 0 Å². The Morgan fingerprint density at radius 1 is 1.14 bits per heavy atom. The number of amides is 1. The number of aryl methyl sites for hydroxylation is 2. The maximum atomic E-state index is 12.6. The summed E-state index contributed by atoms with van der Waals surface area (Å²) in [4.78, 5) is 14.8. The van der Waals surface area contributed by atoms with Gasteiger partial charge in [0.15, 0.2) is 5.82 Å². The van der Waals surface area contributed by atoms with Gasteiger partial charge in [0.2, 0.25) is 0 Å². The van der Waals surface area contributed by atoms with Crippen molar-refractivity contribution in [2.24, 2.45) is 0 Å². The van der Waals surface area contributed by atoms with Crippen molar-refractivity contribution in [3.05, 3.63) is 70.2 Å². The van der Waals surface area contributed by atoms with E-state index in [-0.39, 0.29) is 11.9 Å². The predicted molar refractivity (Wildman–Crippen MR) is 113 cm³/mol. The number of aromatic amines is 1. The van der Waals surface area contributed by atoms with Crippen molar-refractivity contribution >= 4 is 23.3 Å². The fraction of sp³-hybridized carbons (Fsp3) is 0.273. The number of nitrogens with one attached hydrogen (secondary N) is 2. The maximum absolute atomic E-state index is 12.6. The van der Waals surface area contributed by atoms with Crippen LogP contribution in [0.5, 0.6) is 0 Å². The number of anilines is 1. The number of carbonyl (C=O) groups excluding carboxylic acids is 1. The third kappa shape index (κ3) is 3.90. The Kier molecular flexibility index (Phi) is 5.09. The van der Waals surface area contributed by atoms with Gasteiger partial charge in [0.1, 0.15) is 0 Å². The first-order valence-corrected chi connectivity index (χ1v) is 9.82. The van der Waals surface area contributed by atoms with Gasteiger partial charge >= 0.3 is 0 Å². The molecule has 1 atom stereocenters. The molecule has 144 valence electrons. The molecule has 0 unspecified atom stereocenters. The second-order valence-corrected chi connectivity index (χ2v) is 7.79. The minimum Gasteiger partial charge on any atom is -0.353 e. The lowest BCUT2D eigenvalue weighted by Crippen LogP contribution is -2.37. The molecule has 4 rings (SSSR count). The molecule has 1 aromatic heterocycles. The van der Waals surface area contributed by atoms with E-state index < -0.39 is 0 Å². The van der Waals surface area contributed by atoms with E-state index in [0.29, 0.717) is 10.6 Å². The van der Waals surface area contributed by atoms with Crippen molar-refractivity contribution in [3.8, 4) is 11.3 Å². The Bertz CT molecular complexity index is 996. The first-order valence-electron chi connectivity index (χ1n) is 9.44. The van der Waals surface area contributed by atoms with E-state index in [0.717, 1.165) is 42.1 Å². The van der Waals surface area contributed by atoms with Crippen LogP contribution in [0.1, 0.15) is 27.9 Å². The molecule has 1 fully saturated rings. The van der Waals surface area contributed by atoms with Gasteiger partial charge in [0.25, 0.3) is 5.91 Å². The van der Waals surface area contributed by atoms with Crippen molar-refractivity contribution in [3.63, 3.8) is 0 Å². The minimum absolute atomic E-state index is 0.0150. The number of hydrogen-bond donors (Lipinski definition) is 2. The van der Waals surface area contributed by atoms with Gasteiger partial charge in [-0.3, -0.25) is 9.89 Å². The number of benzene rings is 2. The van der Waals surface area contributed by atoms with Crippen LogP contribution in [-0.4, -0.2) is 35.2 Å².